The normalized spacial score (nSPS) is 23.1. The van der Waals surface area contributed by atoms with Crippen LogP contribution < -0.4 is 4.74 Å². The summed E-state index contributed by atoms with van der Waals surface area (Å²) >= 11 is 0. The molecule has 1 unspecified atom stereocenters. The molecule has 6 nitrogen and oxygen atoms in total. The van der Waals surface area contributed by atoms with E-state index in [9.17, 15) is 15.0 Å². The molecule has 174 valence electrons. The SMILES string of the molecule is COc1ccc2nccc(C(O)CC[C@@H]3CCN(CCC4CCC4)C[C@@H]3CC(=O)O)c2c1. The van der Waals surface area contributed by atoms with Gasteiger partial charge in [-0.05, 0) is 86.4 Å². The Kier molecular flexibility index (Phi) is 7.63. The molecule has 1 aliphatic heterocycles. The first-order valence-electron chi connectivity index (χ1n) is 12.1. The Balaban J connectivity index is 1.38. The summed E-state index contributed by atoms with van der Waals surface area (Å²) in [4.78, 5) is 18.4. The summed E-state index contributed by atoms with van der Waals surface area (Å²) < 4.78 is 5.35. The molecular formula is C26H36N2O4. The number of rotatable bonds is 10. The second-order valence-electron chi connectivity index (χ2n) is 9.67. The van der Waals surface area contributed by atoms with E-state index < -0.39 is 12.1 Å². The summed E-state index contributed by atoms with van der Waals surface area (Å²) in [5, 5.41) is 21.4. The third-order valence-electron chi connectivity index (χ3n) is 7.64. The lowest BCUT2D eigenvalue weighted by Crippen LogP contribution is -2.42. The molecule has 3 atom stereocenters. The van der Waals surface area contributed by atoms with Gasteiger partial charge in [-0.3, -0.25) is 9.78 Å². The van der Waals surface area contributed by atoms with Crippen LogP contribution in [0.4, 0.5) is 0 Å². The molecule has 1 aromatic carbocycles. The maximum Gasteiger partial charge on any atom is 0.303 e. The van der Waals surface area contributed by atoms with Crippen LogP contribution in [-0.2, 0) is 4.79 Å². The standard InChI is InChI=1S/C26H36N2O4/c1-32-21-6-7-24-23(16-21)22(9-12-27-24)25(29)8-5-19-11-14-28(13-10-18-3-2-4-18)17-20(19)15-26(30)31/h6-7,9,12,16,18-20,25,29H,2-5,8,10-11,13-15,17H2,1H3,(H,30,31)/t19-,20+,25?/m1/s1. The molecule has 2 N–H and O–H groups in total. The Bertz CT molecular complexity index is 914. The fourth-order valence-corrected chi connectivity index (χ4v) is 5.43. The molecule has 1 saturated carbocycles. The third-order valence-corrected chi connectivity index (χ3v) is 7.64. The topological polar surface area (TPSA) is 82.9 Å². The van der Waals surface area contributed by atoms with Gasteiger partial charge in [-0.2, -0.15) is 0 Å². The number of aliphatic hydroxyl groups excluding tert-OH is 1. The van der Waals surface area contributed by atoms with Crippen LogP contribution in [-0.4, -0.2) is 52.8 Å². The van der Waals surface area contributed by atoms with Crippen molar-refractivity contribution in [2.24, 2.45) is 17.8 Å². The van der Waals surface area contributed by atoms with E-state index in [1.807, 2.05) is 24.3 Å². The zero-order valence-electron chi connectivity index (χ0n) is 19.1. The van der Waals surface area contributed by atoms with Crippen LogP contribution in [0.1, 0.15) is 63.0 Å². The zero-order valence-corrected chi connectivity index (χ0v) is 19.1. The minimum atomic E-state index is -0.714. The van der Waals surface area contributed by atoms with Gasteiger partial charge in [0, 0.05) is 24.5 Å². The van der Waals surface area contributed by atoms with Crippen molar-refractivity contribution in [2.45, 2.75) is 57.5 Å². The minimum absolute atomic E-state index is 0.157. The van der Waals surface area contributed by atoms with Gasteiger partial charge in [0.25, 0.3) is 0 Å². The summed E-state index contributed by atoms with van der Waals surface area (Å²) in [6.07, 6.45) is 9.18. The van der Waals surface area contributed by atoms with Gasteiger partial charge in [-0.1, -0.05) is 19.3 Å². The number of carboxylic acid groups (broad SMARTS) is 1. The first-order chi connectivity index (χ1) is 15.5. The molecule has 2 aromatic rings. The molecule has 1 aliphatic carbocycles. The molecule has 6 heteroatoms. The van der Waals surface area contributed by atoms with Gasteiger partial charge in [0.15, 0.2) is 0 Å². The Morgan fingerprint density at radius 2 is 2.06 bits per heavy atom. The third kappa shape index (κ3) is 5.59. The molecule has 0 amide bonds. The van der Waals surface area contributed by atoms with Gasteiger partial charge in [-0.25, -0.2) is 0 Å². The summed E-state index contributed by atoms with van der Waals surface area (Å²) in [5.74, 6) is 1.41. The summed E-state index contributed by atoms with van der Waals surface area (Å²) in [7, 11) is 1.63. The maximum absolute atomic E-state index is 11.5. The molecule has 32 heavy (non-hydrogen) atoms. The number of hydrogen-bond donors (Lipinski definition) is 2. The van der Waals surface area contributed by atoms with Gasteiger partial charge < -0.3 is 19.8 Å². The van der Waals surface area contributed by atoms with Gasteiger partial charge in [0.05, 0.1) is 18.7 Å². The number of methoxy groups -OCH3 is 1. The largest absolute Gasteiger partial charge is 0.497 e. The molecule has 1 saturated heterocycles. The molecule has 1 aromatic heterocycles. The number of piperidine rings is 1. The first kappa shape index (κ1) is 23.0. The Morgan fingerprint density at radius 1 is 1.22 bits per heavy atom. The van der Waals surface area contributed by atoms with Crippen LogP contribution in [0.15, 0.2) is 30.5 Å². The molecule has 0 spiro atoms. The van der Waals surface area contributed by atoms with Crippen LogP contribution in [0, 0.1) is 17.8 Å². The number of aliphatic hydroxyl groups is 1. The minimum Gasteiger partial charge on any atom is -0.497 e. The van der Waals surface area contributed by atoms with E-state index in [0.717, 1.165) is 60.6 Å². The van der Waals surface area contributed by atoms with Crippen LogP contribution in [0.3, 0.4) is 0 Å². The molecule has 4 rings (SSSR count). The van der Waals surface area contributed by atoms with Crippen LogP contribution in [0.25, 0.3) is 10.9 Å². The first-order valence-corrected chi connectivity index (χ1v) is 12.1. The molecular weight excluding hydrogens is 404 g/mol. The smallest absolute Gasteiger partial charge is 0.303 e. The number of aromatic nitrogens is 1. The predicted molar refractivity (Wildman–Crippen MR) is 125 cm³/mol. The monoisotopic (exact) mass is 440 g/mol. The average Bonchev–Trinajstić information content (AvgIpc) is 2.76. The number of likely N-dealkylation sites (tertiary alicyclic amines) is 1. The van der Waals surface area contributed by atoms with Crippen molar-refractivity contribution < 1.29 is 19.7 Å². The van der Waals surface area contributed by atoms with E-state index in [1.165, 1.54) is 25.7 Å². The van der Waals surface area contributed by atoms with E-state index in [4.69, 9.17) is 4.74 Å². The van der Waals surface area contributed by atoms with E-state index in [1.54, 1.807) is 13.3 Å². The highest BCUT2D eigenvalue weighted by Crippen LogP contribution is 2.35. The fourth-order valence-electron chi connectivity index (χ4n) is 5.43. The number of carboxylic acids is 1. The Labute approximate surface area is 190 Å². The summed E-state index contributed by atoms with van der Waals surface area (Å²) in [6.45, 7) is 3.01. The number of hydrogen-bond acceptors (Lipinski definition) is 5. The highest BCUT2D eigenvalue weighted by Gasteiger charge is 2.31. The van der Waals surface area contributed by atoms with Crippen LogP contribution in [0.5, 0.6) is 5.75 Å². The molecule has 0 radical (unpaired) electrons. The predicted octanol–water partition coefficient (Wildman–Crippen LogP) is 4.66. The van der Waals surface area contributed by atoms with Crippen molar-refractivity contribution in [3.8, 4) is 5.75 Å². The van der Waals surface area contributed by atoms with Gasteiger partial charge >= 0.3 is 5.97 Å². The van der Waals surface area contributed by atoms with Crippen molar-refractivity contribution in [1.29, 1.82) is 0 Å². The number of ether oxygens (including phenoxy) is 1. The van der Waals surface area contributed by atoms with Crippen molar-refractivity contribution in [1.82, 2.24) is 9.88 Å². The highest BCUT2D eigenvalue weighted by molar-refractivity contribution is 5.83. The van der Waals surface area contributed by atoms with Crippen molar-refractivity contribution in [2.75, 3.05) is 26.7 Å². The molecule has 2 heterocycles. The number of carbonyl (C=O) groups is 1. The maximum atomic E-state index is 11.5. The van der Waals surface area contributed by atoms with Crippen molar-refractivity contribution in [3.05, 3.63) is 36.0 Å². The van der Waals surface area contributed by atoms with E-state index in [0.29, 0.717) is 12.3 Å². The van der Waals surface area contributed by atoms with Gasteiger partial charge in [0.1, 0.15) is 5.75 Å². The number of pyridine rings is 1. The number of aliphatic carboxylic acids is 1. The fraction of sp³-hybridized carbons (Fsp3) is 0.615. The van der Waals surface area contributed by atoms with E-state index >= 15 is 0 Å². The number of fused-ring (bicyclic) bond motifs is 1. The Morgan fingerprint density at radius 3 is 2.78 bits per heavy atom. The van der Waals surface area contributed by atoms with E-state index in [2.05, 4.69) is 9.88 Å². The van der Waals surface area contributed by atoms with Crippen LogP contribution >= 0.6 is 0 Å². The second kappa shape index (κ2) is 10.6. The lowest BCUT2D eigenvalue weighted by molar-refractivity contribution is -0.139. The summed E-state index contributed by atoms with van der Waals surface area (Å²) in [5.41, 5.74) is 1.70. The lowest BCUT2D eigenvalue weighted by atomic mass is 9.78. The van der Waals surface area contributed by atoms with Gasteiger partial charge in [-0.15, -0.1) is 0 Å². The summed E-state index contributed by atoms with van der Waals surface area (Å²) in [6, 6.07) is 7.59. The molecule has 0 bridgehead atoms. The highest BCUT2D eigenvalue weighted by atomic mass is 16.5. The van der Waals surface area contributed by atoms with Gasteiger partial charge in [0.2, 0.25) is 0 Å². The lowest BCUT2D eigenvalue weighted by Gasteiger charge is -2.39. The number of nitrogens with zero attached hydrogens (tertiary/aromatic N) is 2. The van der Waals surface area contributed by atoms with Crippen molar-refractivity contribution in [3.63, 3.8) is 0 Å². The molecule has 2 fully saturated rings. The average molecular weight is 441 g/mol. The zero-order chi connectivity index (χ0) is 22.5. The van der Waals surface area contributed by atoms with E-state index in [-0.39, 0.29) is 12.3 Å². The Hall–Kier alpha value is -2.18. The second-order valence-corrected chi connectivity index (χ2v) is 9.67. The van der Waals surface area contributed by atoms with Crippen molar-refractivity contribution >= 4 is 16.9 Å². The molecule has 2 aliphatic rings. The number of benzene rings is 1. The van der Waals surface area contributed by atoms with Crippen LogP contribution in [0.2, 0.25) is 0 Å². The quantitative estimate of drug-likeness (QED) is 0.559.